The number of benzene rings is 3. The van der Waals surface area contributed by atoms with E-state index in [0.29, 0.717) is 17.4 Å². The quantitative estimate of drug-likeness (QED) is 0.532. The van der Waals surface area contributed by atoms with Crippen molar-refractivity contribution in [1.82, 2.24) is 4.90 Å². The third kappa shape index (κ3) is 2.91. The van der Waals surface area contributed by atoms with E-state index in [1.54, 1.807) is 4.90 Å². The predicted octanol–water partition coefficient (Wildman–Crippen LogP) is 5.93. The molecule has 0 spiro atoms. The number of rotatable bonds is 1. The highest BCUT2D eigenvalue weighted by Gasteiger charge is 2.33. The van der Waals surface area contributed by atoms with Crippen LogP contribution in [0.4, 0.5) is 16.2 Å². The van der Waals surface area contributed by atoms with Crippen molar-refractivity contribution >= 4 is 17.4 Å². The monoisotopic (exact) mass is 370 g/mol. The van der Waals surface area contributed by atoms with Gasteiger partial charge in [-0.1, -0.05) is 54.6 Å². The zero-order chi connectivity index (χ0) is 18.9. The molecule has 2 aliphatic heterocycles. The zero-order valence-corrected chi connectivity index (χ0v) is 15.6. The summed E-state index contributed by atoms with van der Waals surface area (Å²) in [5.41, 5.74) is 2.98. The van der Waals surface area contributed by atoms with Crippen molar-refractivity contribution in [3.63, 3.8) is 0 Å². The molecule has 2 aliphatic rings. The van der Waals surface area contributed by atoms with Gasteiger partial charge < -0.3 is 9.64 Å². The van der Waals surface area contributed by atoms with Crippen LogP contribution in [0, 0.1) is 0 Å². The molecule has 0 aromatic heterocycles. The van der Waals surface area contributed by atoms with Gasteiger partial charge in [-0.05, 0) is 48.6 Å². The molecule has 0 atom stereocenters. The van der Waals surface area contributed by atoms with Crippen molar-refractivity contribution < 1.29 is 9.53 Å². The number of piperidine rings is 1. The van der Waals surface area contributed by atoms with Crippen molar-refractivity contribution in [2.45, 2.75) is 18.8 Å². The van der Waals surface area contributed by atoms with Gasteiger partial charge >= 0.3 is 6.03 Å². The average molecular weight is 370 g/mol. The summed E-state index contributed by atoms with van der Waals surface area (Å²) in [6, 6.07) is 26.1. The number of nitrogens with zero attached hydrogens (tertiary/aromatic N) is 2. The largest absolute Gasteiger partial charge is 0.453 e. The third-order valence-corrected chi connectivity index (χ3v) is 5.66. The van der Waals surface area contributed by atoms with Crippen molar-refractivity contribution in [3.8, 4) is 11.5 Å². The normalized spacial score (nSPS) is 16.1. The van der Waals surface area contributed by atoms with Crippen LogP contribution in [-0.2, 0) is 0 Å². The van der Waals surface area contributed by atoms with Crippen molar-refractivity contribution in [3.05, 3.63) is 84.4 Å². The van der Waals surface area contributed by atoms with E-state index in [9.17, 15) is 4.79 Å². The fourth-order valence-corrected chi connectivity index (χ4v) is 4.18. The lowest BCUT2D eigenvalue weighted by Crippen LogP contribution is -2.45. The summed E-state index contributed by atoms with van der Waals surface area (Å²) in [6.45, 7) is 1.53. The second kappa shape index (κ2) is 7.04. The first-order valence-electron chi connectivity index (χ1n) is 9.81. The Morgan fingerprint density at radius 2 is 1.29 bits per heavy atom. The highest BCUT2D eigenvalue weighted by molar-refractivity contribution is 6.03. The maximum Gasteiger partial charge on any atom is 0.329 e. The molecular weight excluding hydrogens is 348 g/mol. The van der Waals surface area contributed by atoms with Crippen molar-refractivity contribution in [2.75, 3.05) is 18.0 Å². The minimum absolute atomic E-state index is 0.0229. The van der Waals surface area contributed by atoms with Crippen LogP contribution in [0.3, 0.4) is 0 Å². The molecule has 28 heavy (non-hydrogen) atoms. The lowest BCUT2D eigenvalue weighted by atomic mass is 9.89. The number of hydrogen-bond donors (Lipinski definition) is 0. The summed E-state index contributed by atoms with van der Waals surface area (Å²) in [7, 11) is 0. The second-order valence-electron chi connectivity index (χ2n) is 7.33. The van der Waals surface area contributed by atoms with E-state index < -0.39 is 0 Å². The van der Waals surface area contributed by atoms with E-state index in [0.717, 1.165) is 37.3 Å². The summed E-state index contributed by atoms with van der Waals surface area (Å²) in [4.78, 5) is 17.3. The van der Waals surface area contributed by atoms with Gasteiger partial charge in [-0.3, -0.25) is 4.90 Å². The predicted molar refractivity (Wildman–Crippen MR) is 110 cm³/mol. The maximum absolute atomic E-state index is 13.5. The molecule has 0 radical (unpaired) electrons. The number of amides is 2. The number of para-hydroxylation sites is 4. The van der Waals surface area contributed by atoms with Gasteiger partial charge in [-0.15, -0.1) is 0 Å². The first kappa shape index (κ1) is 16.9. The molecule has 2 heterocycles. The average Bonchev–Trinajstić information content (AvgIpc) is 2.77. The minimum Gasteiger partial charge on any atom is -0.453 e. The van der Waals surface area contributed by atoms with E-state index >= 15 is 0 Å². The molecule has 140 valence electrons. The van der Waals surface area contributed by atoms with Crippen LogP contribution in [0.25, 0.3) is 0 Å². The number of carbonyl (C=O) groups is 1. The Morgan fingerprint density at radius 3 is 1.89 bits per heavy atom. The Hall–Kier alpha value is -3.27. The Labute approximate surface area is 165 Å². The van der Waals surface area contributed by atoms with Crippen LogP contribution >= 0.6 is 0 Å². The van der Waals surface area contributed by atoms with E-state index in [1.807, 2.05) is 53.4 Å². The Bertz CT molecular complexity index is 949. The standard InChI is InChI=1S/C24H22N2O2/c27-24(25-16-14-19(15-17-25)18-8-2-1-3-9-18)26-20-10-4-6-12-22(20)28-23-13-7-5-11-21(23)26/h1-13,19H,14-17H2. The third-order valence-electron chi connectivity index (χ3n) is 5.66. The number of carbonyl (C=O) groups excluding carboxylic acids is 1. The Morgan fingerprint density at radius 1 is 0.750 bits per heavy atom. The van der Waals surface area contributed by atoms with Crippen LogP contribution in [0.15, 0.2) is 78.9 Å². The van der Waals surface area contributed by atoms with Gasteiger partial charge in [-0.25, -0.2) is 4.79 Å². The van der Waals surface area contributed by atoms with Crippen LogP contribution in [0.2, 0.25) is 0 Å². The lowest BCUT2D eigenvalue weighted by Gasteiger charge is -2.38. The summed E-state index contributed by atoms with van der Waals surface area (Å²) in [5.74, 6) is 1.96. The molecule has 0 saturated carbocycles. The molecule has 0 bridgehead atoms. The smallest absolute Gasteiger partial charge is 0.329 e. The molecular formula is C24H22N2O2. The van der Waals surface area contributed by atoms with Crippen LogP contribution in [0.5, 0.6) is 11.5 Å². The molecule has 4 heteroatoms. The SMILES string of the molecule is O=C(N1CCC(c2ccccc2)CC1)N1c2ccccc2Oc2ccccc21. The van der Waals surface area contributed by atoms with Gasteiger partial charge in [0.1, 0.15) is 0 Å². The molecule has 1 fully saturated rings. The van der Waals surface area contributed by atoms with E-state index in [4.69, 9.17) is 4.74 Å². The maximum atomic E-state index is 13.5. The molecule has 0 aliphatic carbocycles. The van der Waals surface area contributed by atoms with Gasteiger partial charge in [-0.2, -0.15) is 0 Å². The molecule has 5 rings (SSSR count). The highest BCUT2D eigenvalue weighted by atomic mass is 16.5. The second-order valence-corrected chi connectivity index (χ2v) is 7.33. The highest BCUT2D eigenvalue weighted by Crippen LogP contribution is 2.47. The first-order chi connectivity index (χ1) is 13.8. The number of fused-ring (bicyclic) bond motifs is 2. The molecule has 1 saturated heterocycles. The van der Waals surface area contributed by atoms with E-state index in [1.165, 1.54) is 5.56 Å². The molecule has 4 nitrogen and oxygen atoms in total. The molecule has 3 aromatic rings. The van der Waals surface area contributed by atoms with Crippen LogP contribution in [-0.4, -0.2) is 24.0 Å². The fourth-order valence-electron chi connectivity index (χ4n) is 4.18. The summed E-state index contributed by atoms with van der Waals surface area (Å²) >= 11 is 0. The number of likely N-dealkylation sites (tertiary alicyclic amines) is 1. The van der Waals surface area contributed by atoms with Gasteiger partial charge in [0.2, 0.25) is 0 Å². The number of anilines is 2. The number of ether oxygens (including phenoxy) is 1. The Kier molecular flexibility index (Phi) is 4.24. The van der Waals surface area contributed by atoms with Gasteiger partial charge in [0.25, 0.3) is 0 Å². The van der Waals surface area contributed by atoms with Crippen LogP contribution < -0.4 is 9.64 Å². The summed E-state index contributed by atoms with van der Waals surface area (Å²) in [5, 5.41) is 0. The summed E-state index contributed by atoms with van der Waals surface area (Å²) in [6.07, 6.45) is 1.98. The first-order valence-corrected chi connectivity index (χ1v) is 9.81. The van der Waals surface area contributed by atoms with Crippen LogP contribution in [0.1, 0.15) is 24.3 Å². The molecule has 2 amide bonds. The molecule has 0 unspecified atom stereocenters. The lowest BCUT2D eigenvalue weighted by molar-refractivity contribution is 0.189. The van der Waals surface area contributed by atoms with E-state index in [-0.39, 0.29) is 6.03 Å². The number of hydrogen-bond acceptors (Lipinski definition) is 2. The fraction of sp³-hybridized carbons (Fsp3) is 0.208. The Balaban J connectivity index is 1.40. The zero-order valence-electron chi connectivity index (χ0n) is 15.6. The molecule has 3 aromatic carbocycles. The number of urea groups is 1. The van der Waals surface area contributed by atoms with Crippen molar-refractivity contribution in [2.24, 2.45) is 0 Å². The minimum atomic E-state index is 0.0229. The van der Waals surface area contributed by atoms with Gasteiger partial charge in [0.05, 0.1) is 11.4 Å². The summed E-state index contributed by atoms with van der Waals surface area (Å²) < 4.78 is 6.01. The van der Waals surface area contributed by atoms with Gasteiger partial charge in [0, 0.05) is 13.1 Å². The van der Waals surface area contributed by atoms with E-state index in [2.05, 4.69) is 30.3 Å². The van der Waals surface area contributed by atoms with Gasteiger partial charge in [0.15, 0.2) is 11.5 Å². The topological polar surface area (TPSA) is 32.8 Å². The van der Waals surface area contributed by atoms with Crippen molar-refractivity contribution in [1.29, 1.82) is 0 Å². The molecule has 0 N–H and O–H groups in total.